The zero-order valence-electron chi connectivity index (χ0n) is 14.3. The summed E-state index contributed by atoms with van der Waals surface area (Å²) in [7, 11) is 0. The first kappa shape index (κ1) is 17.8. The fraction of sp³-hybridized carbons (Fsp3) is 0.389. The first-order chi connectivity index (χ1) is 12.5. The molecule has 0 N–H and O–H groups in total. The first-order valence-electron chi connectivity index (χ1n) is 8.65. The molecule has 136 valence electrons. The Bertz CT molecular complexity index is 869. The van der Waals surface area contributed by atoms with E-state index in [1.165, 1.54) is 24.3 Å². The second-order valence-corrected chi connectivity index (χ2v) is 6.32. The molecule has 0 atom stereocenters. The quantitative estimate of drug-likeness (QED) is 0.618. The van der Waals surface area contributed by atoms with E-state index in [2.05, 4.69) is 5.10 Å². The number of nitro benzene ring substituents is 1. The molecule has 1 aliphatic rings. The lowest BCUT2D eigenvalue weighted by Gasteiger charge is -2.20. The first-order valence-corrected chi connectivity index (χ1v) is 8.65. The van der Waals surface area contributed by atoms with Gasteiger partial charge in [-0.2, -0.15) is 5.10 Å². The molecule has 1 saturated heterocycles. The third kappa shape index (κ3) is 4.14. The number of nitro groups is 1. The minimum atomic E-state index is -0.484. The van der Waals surface area contributed by atoms with Crippen molar-refractivity contribution in [2.75, 3.05) is 13.1 Å². The third-order valence-electron chi connectivity index (χ3n) is 4.46. The van der Waals surface area contributed by atoms with Crippen LogP contribution in [0.25, 0.3) is 11.3 Å². The van der Waals surface area contributed by atoms with Crippen LogP contribution in [0.2, 0.25) is 0 Å². The van der Waals surface area contributed by atoms with Crippen LogP contribution in [0, 0.1) is 10.1 Å². The van der Waals surface area contributed by atoms with Gasteiger partial charge < -0.3 is 4.90 Å². The standard InChI is InChI=1S/C18H20N4O4/c23-17-9-8-16(14-6-5-7-15(12-14)22(25)26)19-21(17)13-18(24)20-10-3-1-2-4-11-20/h5-9,12H,1-4,10-11,13H2. The molecule has 2 aromatic rings. The molecule has 26 heavy (non-hydrogen) atoms. The van der Waals surface area contributed by atoms with Crippen LogP contribution in [-0.4, -0.2) is 38.6 Å². The molecule has 0 bridgehead atoms. The monoisotopic (exact) mass is 356 g/mol. The fourth-order valence-electron chi connectivity index (χ4n) is 3.04. The number of likely N-dealkylation sites (tertiary alicyclic amines) is 1. The fourth-order valence-corrected chi connectivity index (χ4v) is 3.04. The van der Waals surface area contributed by atoms with Crippen molar-refractivity contribution in [3.05, 3.63) is 56.9 Å². The molecule has 1 aromatic heterocycles. The number of hydrogen-bond acceptors (Lipinski definition) is 5. The van der Waals surface area contributed by atoms with Crippen molar-refractivity contribution in [1.82, 2.24) is 14.7 Å². The van der Waals surface area contributed by atoms with E-state index in [0.717, 1.165) is 30.4 Å². The Morgan fingerprint density at radius 3 is 2.54 bits per heavy atom. The van der Waals surface area contributed by atoms with E-state index in [0.29, 0.717) is 24.3 Å². The highest BCUT2D eigenvalue weighted by Crippen LogP contribution is 2.21. The van der Waals surface area contributed by atoms with Crippen molar-refractivity contribution < 1.29 is 9.72 Å². The molecule has 8 heteroatoms. The van der Waals surface area contributed by atoms with Gasteiger partial charge in [-0.25, -0.2) is 4.68 Å². The van der Waals surface area contributed by atoms with Gasteiger partial charge in [0, 0.05) is 36.9 Å². The number of benzene rings is 1. The summed E-state index contributed by atoms with van der Waals surface area (Å²) in [6.45, 7) is 1.29. The van der Waals surface area contributed by atoms with Gasteiger partial charge in [0.1, 0.15) is 6.54 Å². The van der Waals surface area contributed by atoms with Crippen molar-refractivity contribution in [2.24, 2.45) is 0 Å². The highest BCUT2D eigenvalue weighted by atomic mass is 16.6. The second kappa shape index (κ2) is 7.90. The van der Waals surface area contributed by atoms with Crippen LogP contribution in [0.4, 0.5) is 5.69 Å². The maximum atomic E-state index is 12.5. The van der Waals surface area contributed by atoms with Gasteiger partial charge in [0.15, 0.2) is 0 Å². The van der Waals surface area contributed by atoms with Crippen LogP contribution < -0.4 is 5.56 Å². The highest BCUT2D eigenvalue weighted by molar-refractivity contribution is 5.76. The molecule has 0 unspecified atom stereocenters. The summed E-state index contributed by atoms with van der Waals surface area (Å²) in [4.78, 5) is 36.8. The van der Waals surface area contributed by atoms with Gasteiger partial charge in [-0.15, -0.1) is 0 Å². The lowest BCUT2D eigenvalue weighted by atomic mass is 10.1. The smallest absolute Gasteiger partial charge is 0.270 e. The van der Waals surface area contributed by atoms with Crippen molar-refractivity contribution >= 4 is 11.6 Å². The van der Waals surface area contributed by atoms with Crippen LogP contribution in [-0.2, 0) is 11.3 Å². The largest absolute Gasteiger partial charge is 0.341 e. The van der Waals surface area contributed by atoms with Crippen molar-refractivity contribution in [3.63, 3.8) is 0 Å². The third-order valence-corrected chi connectivity index (χ3v) is 4.46. The van der Waals surface area contributed by atoms with E-state index in [1.807, 2.05) is 0 Å². The zero-order chi connectivity index (χ0) is 18.5. The summed E-state index contributed by atoms with van der Waals surface area (Å²) in [5, 5.41) is 15.2. The van der Waals surface area contributed by atoms with Crippen LogP contribution in [0.3, 0.4) is 0 Å². The highest BCUT2D eigenvalue weighted by Gasteiger charge is 2.17. The molecular weight excluding hydrogens is 336 g/mol. The summed E-state index contributed by atoms with van der Waals surface area (Å²) < 4.78 is 1.13. The van der Waals surface area contributed by atoms with E-state index >= 15 is 0 Å². The minimum absolute atomic E-state index is 0.0531. The zero-order valence-corrected chi connectivity index (χ0v) is 14.3. The Hall–Kier alpha value is -3.03. The molecule has 2 heterocycles. The molecule has 0 radical (unpaired) electrons. The molecule has 3 rings (SSSR count). The van der Waals surface area contributed by atoms with E-state index in [9.17, 15) is 19.7 Å². The minimum Gasteiger partial charge on any atom is -0.341 e. The number of rotatable bonds is 4. The van der Waals surface area contributed by atoms with Gasteiger partial charge >= 0.3 is 0 Å². The predicted molar refractivity (Wildman–Crippen MR) is 95.6 cm³/mol. The van der Waals surface area contributed by atoms with Crippen molar-refractivity contribution in [1.29, 1.82) is 0 Å². The molecular formula is C18H20N4O4. The van der Waals surface area contributed by atoms with Gasteiger partial charge in [-0.3, -0.25) is 19.7 Å². The van der Waals surface area contributed by atoms with Crippen LogP contribution in [0.15, 0.2) is 41.2 Å². The van der Waals surface area contributed by atoms with E-state index in [4.69, 9.17) is 0 Å². The summed E-state index contributed by atoms with van der Waals surface area (Å²) in [6.07, 6.45) is 4.18. The number of carbonyl (C=O) groups is 1. The van der Waals surface area contributed by atoms with E-state index in [-0.39, 0.29) is 23.7 Å². The lowest BCUT2D eigenvalue weighted by molar-refractivity contribution is -0.384. The second-order valence-electron chi connectivity index (χ2n) is 6.32. The van der Waals surface area contributed by atoms with Crippen LogP contribution in [0.5, 0.6) is 0 Å². The summed E-state index contributed by atoms with van der Waals surface area (Å²) >= 11 is 0. The Kier molecular flexibility index (Phi) is 5.40. The average molecular weight is 356 g/mol. The molecule has 8 nitrogen and oxygen atoms in total. The molecule has 0 aliphatic carbocycles. The van der Waals surface area contributed by atoms with Gasteiger partial charge in [0.2, 0.25) is 5.91 Å². The number of hydrogen-bond donors (Lipinski definition) is 0. The van der Waals surface area contributed by atoms with E-state index in [1.54, 1.807) is 17.0 Å². The SMILES string of the molecule is O=C(Cn1nc(-c2cccc([N+](=O)[O-])c2)ccc1=O)N1CCCCCC1. The van der Waals surface area contributed by atoms with Gasteiger partial charge in [0.25, 0.3) is 11.2 Å². The average Bonchev–Trinajstić information content (AvgIpc) is 2.93. The molecule has 0 saturated carbocycles. The maximum absolute atomic E-state index is 12.5. The topological polar surface area (TPSA) is 98.3 Å². The Labute approximate surface area is 150 Å². The Morgan fingerprint density at radius 2 is 1.85 bits per heavy atom. The number of aromatic nitrogens is 2. The summed E-state index contributed by atoms with van der Waals surface area (Å²) in [6, 6.07) is 8.87. The van der Waals surface area contributed by atoms with Crippen molar-refractivity contribution in [2.45, 2.75) is 32.2 Å². The number of amides is 1. The molecule has 1 amide bonds. The molecule has 0 spiro atoms. The van der Waals surface area contributed by atoms with Crippen LogP contribution in [0.1, 0.15) is 25.7 Å². The molecule has 1 fully saturated rings. The molecule has 1 aliphatic heterocycles. The normalized spacial score (nSPS) is 14.7. The van der Waals surface area contributed by atoms with Crippen molar-refractivity contribution in [3.8, 4) is 11.3 Å². The number of non-ortho nitro benzene ring substituents is 1. The van der Waals surface area contributed by atoms with E-state index < -0.39 is 4.92 Å². The lowest BCUT2D eigenvalue weighted by Crippen LogP contribution is -2.37. The maximum Gasteiger partial charge on any atom is 0.270 e. The van der Waals surface area contributed by atoms with Crippen LogP contribution >= 0.6 is 0 Å². The number of nitrogens with zero attached hydrogens (tertiary/aromatic N) is 4. The predicted octanol–water partition coefficient (Wildman–Crippen LogP) is 2.22. The summed E-state index contributed by atoms with van der Waals surface area (Å²) in [5.41, 5.74) is 0.511. The Balaban J connectivity index is 1.83. The van der Waals surface area contributed by atoms with Gasteiger partial charge in [-0.05, 0) is 18.9 Å². The van der Waals surface area contributed by atoms with Gasteiger partial charge in [0.05, 0.1) is 10.6 Å². The number of carbonyl (C=O) groups excluding carboxylic acids is 1. The van der Waals surface area contributed by atoms with Gasteiger partial charge in [-0.1, -0.05) is 25.0 Å². The summed E-state index contributed by atoms with van der Waals surface area (Å²) in [5.74, 6) is -0.127. The molecule has 1 aromatic carbocycles. The Morgan fingerprint density at radius 1 is 1.12 bits per heavy atom.